The number of halogens is 8. The highest BCUT2D eigenvalue weighted by atomic mass is 32.2. The number of H-pyrrole nitrogens is 5. The number of fused-ring (bicyclic) bond motifs is 16. The summed E-state index contributed by atoms with van der Waals surface area (Å²) in [6.07, 6.45) is 33.5. The summed E-state index contributed by atoms with van der Waals surface area (Å²) in [5.74, 6) is -11.3. The topological polar surface area (TPSA) is 502 Å². The lowest BCUT2D eigenvalue weighted by molar-refractivity contribution is -0.149. The van der Waals surface area contributed by atoms with Gasteiger partial charge in [0, 0.05) is 116 Å². The summed E-state index contributed by atoms with van der Waals surface area (Å²) in [4.78, 5) is 136. The standard InChI is InChI=1S/C27H28F2N6O2S.C26H25F2N7O2.C25H21F2N5O4S.C24H23F2N7O2S/c1-35(2)12-16-7-8-19(38-16)23-21(29)26(32-22-14-5-3-13(4-6-14)20(22)27(36)37)34-25(33-23)18-11-31-24-17(18)9-15(28)10-30-24;27-15-7-17-18(10-30-23(17)29-9-15)24-33-22(14-8-31-35(11-14)16-5-6-16)20(28)25(34-24)32-21-13-3-1-12(2-4-13)19(21)26(36)37;26-12-7-13-14(9-29-21(13)28-8-12)22-31-20(15-5-6-16(37-15)24(33)34)18(27)23(32-22)30-19-11-3-1-10(2-4-11)17(19)25(35)36;1-36-24-29-9-15(30-24)19-17(26)22(31-18-11-4-2-10(3-5-11)16(18)23(34)35)33-21(32-19)14-8-28-20-13(14)6-12(25)7-27-20/h7-11,13-14,20,22H,3-6,12H2,1-2H3,(H,30,31)(H,36,37)(H,32,33,34);7-13,16,19,21H,1-6H2,(H,29,30)(H,36,37)(H,32,33,34);5-11,17,19H,1-4H2,(H,28,29)(H,33,34)(H,35,36)(H,30,31,32);6-11,16,18H,2-5H2,1H3,(H,27,28)(H,29,30)(H,34,35)(H,31,32,33)/t13?,14?,20-,22-;12?,13?,19-,21-;10?,11?,17-,19-;10?,11?,16-,18-/m0000/s1. The minimum atomic E-state index is -1.15. The minimum absolute atomic E-state index is 0.00178. The Kier molecular flexibility index (Phi) is 26.5. The fourth-order valence-corrected chi connectivity index (χ4v) is 26.0. The first-order chi connectivity index (χ1) is 71.5. The van der Waals surface area contributed by atoms with Gasteiger partial charge in [0.25, 0.3) is 0 Å². The molecule has 0 spiro atoms. The van der Waals surface area contributed by atoms with Gasteiger partial charge in [-0.2, -0.15) is 5.10 Å². The zero-order valence-corrected chi connectivity index (χ0v) is 81.9. The first-order valence-corrected chi connectivity index (χ1v) is 51.8. The molecule has 0 radical (unpaired) electrons. The summed E-state index contributed by atoms with van der Waals surface area (Å²) in [6.45, 7) is 0.703. The van der Waals surface area contributed by atoms with Gasteiger partial charge in [-0.1, -0.05) is 11.8 Å². The number of aliphatic carboxylic acids is 4. The second-order valence-corrected chi connectivity index (χ2v) is 42.8. The van der Waals surface area contributed by atoms with Crippen LogP contribution in [-0.2, 0) is 25.7 Å². The average Bonchev–Trinajstić information content (AvgIpc) is 1.46. The van der Waals surface area contributed by atoms with E-state index < -0.39 is 124 Å². The number of nitrogens with one attached hydrogen (secondary N) is 9. The number of hydrogen-bond acceptors (Lipinski definition) is 27. The van der Waals surface area contributed by atoms with Crippen molar-refractivity contribution in [3.8, 4) is 89.3 Å². The van der Waals surface area contributed by atoms with Crippen molar-refractivity contribution in [1.29, 1.82) is 0 Å². The monoisotopic (exact) mass is 2080 g/mol. The number of thioether (sulfide) groups is 1. The molecule has 16 heterocycles. The number of imidazole rings is 1. The van der Waals surface area contributed by atoms with Gasteiger partial charge in [-0.15, -0.1) is 22.7 Å². The van der Waals surface area contributed by atoms with Crippen LogP contribution in [0.5, 0.6) is 0 Å². The molecular weight excluding hydrogens is 1980 g/mol. The van der Waals surface area contributed by atoms with Gasteiger partial charge >= 0.3 is 29.8 Å². The molecule has 8 bridgehead atoms. The molecule has 8 atom stereocenters. The molecule has 0 aromatic carbocycles. The lowest BCUT2D eigenvalue weighted by Gasteiger charge is -2.47. The number of rotatable bonds is 25. The average molecular weight is 2080 g/mol. The lowest BCUT2D eigenvalue weighted by Crippen LogP contribution is -2.51. The van der Waals surface area contributed by atoms with E-state index in [4.69, 9.17) is 0 Å². The number of aromatic amines is 5. The molecule has 13 fully saturated rings. The summed E-state index contributed by atoms with van der Waals surface area (Å²) in [6, 6.07) is 10.3. The normalized spacial score (nSPS) is 23.5. The molecule has 13 aliphatic carbocycles. The van der Waals surface area contributed by atoms with Crippen LogP contribution in [0.3, 0.4) is 0 Å². The van der Waals surface area contributed by atoms with E-state index in [-0.39, 0.29) is 126 Å². The van der Waals surface area contributed by atoms with Crippen LogP contribution in [0, 0.1) is 118 Å². The molecule has 46 heteroatoms. The molecule has 0 unspecified atom stereocenters. The summed E-state index contributed by atoms with van der Waals surface area (Å²) in [5, 5.41) is 68.7. The van der Waals surface area contributed by atoms with E-state index in [0.717, 1.165) is 157 Å². The molecule has 14 N–H and O–H groups in total. The van der Waals surface area contributed by atoms with Crippen LogP contribution in [-0.4, -0.2) is 204 Å². The van der Waals surface area contributed by atoms with Crippen LogP contribution in [0.15, 0.2) is 122 Å². The van der Waals surface area contributed by atoms with E-state index in [2.05, 4.69) is 116 Å². The molecule has 35 nitrogen and oxygen atoms in total. The van der Waals surface area contributed by atoms with E-state index in [1.165, 1.54) is 71.9 Å². The van der Waals surface area contributed by atoms with Gasteiger partial charge < -0.3 is 76.6 Å². The van der Waals surface area contributed by atoms with Gasteiger partial charge in [-0.25, -0.2) is 105 Å². The Hall–Kier alpha value is -14.8. The first-order valence-electron chi connectivity index (χ1n) is 49.0. The molecule has 0 aliphatic heterocycles. The Balaban J connectivity index is 0.000000112. The van der Waals surface area contributed by atoms with Crippen molar-refractivity contribution in [1.82, 2.24) is 104 Å². The number of carboxylic acids is 5. The smallest absolute Gasteiger partial charge is 0.345 e. The van der Waals surface area contributed by atoms with Crippen molar-refractivity contribution in [2.45, 2.75) is 157 Å². The van der Waals surface area contributed by atoms with Crippen molar-refractivity contribution in [2.75, 3.05) is 41.6 Å². The number of carboxylic acid groups (broad SMARTS) is 5. The number of anilines is 4. The Morgan fingerprint density at radius 1 is 0.399 bits per heavy atom. The van der Waals surface area contributed by atoms with Gasteiger partial charge in [0.15, 0.2) is 75.0 Å². The summed E-state index contributed by atoms with van der Waals surface area (Å²) < 4.78 is 122. The van der Waals surface area contributed by atoms with Gasteiger partial charge in [0.2, 0.25) is 0 Å². The molecule has 13 aliphatic rings. The van der Waals surface area contributed by atoms with E-state index in [1.807, 2.05) is 42.1 Å². The Labute approximate surface area is 848 Å². The van der Waals surface area contributed by atoms with E-state index in [9.17, 15) is 67.1 Å². The predicted molar refractivity (Wildman–Crippen MR) is 534 cm³/mol. The van der Waals surface area contributed by atoms with Crippen molar-refractivity contribution < 1.29 is 84.6 Å². The third-order valence-corrected chi connectivity index (χ3v) is 33.6. The fraction of sp³-hybridized carbons (Fsp3) is 0.382. The molecular formula is C102H97F8N25O10S3. The zero-order valence-electron chi connectivity index (χ0n) is 79.4. The number of aromatic carboxylic acids is 1. The summed E-state index contributed by atoms with van der Waals surface area (Å²) in [7, 11) is 3.93. The highest BCUT2D eigenvalue weighted by Crippen LogP contribution is 2.53. The highest BCUT2D eigenvalue weighted by molar-refractivity contribution is 7.98. The van der Waals surface area contributed by atoms with E-state index in [0.29, 0.717) is 100 Å². The van der Waals surface area contributed by atoms with Crippen LogP contribution in [0.4, 0.5) is 58.4 Å². The van der Waals surface area contributed by atoms with Gasteiger partial charge in [0.1, 0.15) is 73.5 Å². The minimum Gasteiger partial charge on any atom is -0.481 e. The molecule has 29 rings (SSSR count). The van der Waals surface area contributed by atoms with Crippen molar-refractivity contribution in [3.63, 3.8) is 0 Å². The number of aromatic nitrogens is 20. The molecule has 0 amide bonds. The molecule has 13 saturated carbocycles. The van der Waals surface area contributed by atoms with E-state index in [1.54, 1.807) is 31.0 Å². The lowest BCUT2D eigenvalue weighted by atomic mass is 9.61. The van der Waals surface area contributed by atoms with Crippen molar-refractivity contribution in [2.24, 2.45) is 71.0 Å². The van der Waals surface area contributed by atoms with Crippen LogP contribution in [0.1, 0.15) is 136 Å². The van der Waals surface area contributed by atoms with Crippen molar-refractivity contribution >= 4 is 132 Å². The summed E-state index contributed by atoms with van der Waals surface area (Å²) >= 11 is 3.67. The Morgan fingerprint density at radius 2 is 0.723 bits per heavy atom. The number of pyridine rings is 4. The van der Waals surface area contributed by atoms with Gasteiger partial charge in [0.05, 0.1) is 82.3 Å². The van der Waals surface area contributed by atoms with Crippen LogP contribution in [0.2, 0.25) is 0 Å². The Bertz CT molecular complexity index is 7850. The van der Waals surface area contributed by atoms with Crippen LogP contribution in [0.25, 0.3) is 133 Å². The number of carbonyl (C=O) groups is 5. The quantitative estimate of drug-likeness (QED) is 0.0187. The molecule has 0 saturated heterocycles. The number of nitrogens with zero attached hydrogens (tertiary/aromatic N) is 16. The molecule has 764 valence electrons. The first kappa shape index (κ1) is 97.9. The second-order valence-electron chi connectivity index (χ2n) is 39.8. The maximum Gasteiger partial charge on any atom is 0.345 e. The number of thiophene rings is 2. The van der Waals surface area contributed by atoms with Gasteiger partial charge in [-0.05, 0) is 232 Å². The van der Waals surface area contributed by atoms with E-state index >= 15 is 17.6 Å². The second kappa shape index (κ2) is 40.1. The third-order valence-electron chi connectivity index (χ3n) is 30.8. The predicted octanol–water partition coefficient (Wildman–Crippen LogP) is 19.9. The maximum atomic E-state index is 16.1. The van der Waals surface area contributed by atoms with Crippen LogP contribution < -0.4 is 21.3 Å². The van der Waals surface area contributed by atoms with Gasteiger partial charge in [-0.3, -0.25) is 23.9 Å². The molecule has 16 aromatic rings. The van der Waals surface area contributed by atoms with Crippen LogP contribution >= 0.6 is 34.4 Å². The van der Waals surface area contributed by atoms with Crippen molar-refractivity contribution in [3.05, 3.63) is 173 Å². The number of hydrogen-bond donors (Lipinski definition) is 14. The third kappa shape index (κ3) is 19.0. The summed E-state index contributed by atoms with van der Waals surface area (Å²) in [5.41, 5.74) is 4.44. The largest absolute Gasteiger partial charge is 0.481 e. The maximum absolute atomic E-state index is 16.1. The SMILES string of the molecule is CN(C)Cc1ccc(-c2nc(-c3c[nH]c4ncc(F)cc34)nc(N[C@H]3C4CCC(CC4)[C@@H]3C(=O)O)c2F)s1.CSc1ncc(-c2nc(-c3c[nH]c4ncc(F)cc34)nc(N[C@H]3C4CCC(CC4)[C@@H]3C(=O)O)c2F)[nH]1.O=C(O)[C@H]1C2CCC(CC2)[C@@H]1Nc1nc(-c2c[nH]c3ncc(F)cc23)nc(-c2cnn(C3CC3)c2)c1F.O=C(O)c1ccc(-c2nc(-c3c[nH]c4ncc(F)cc34)nc(N[C@H]3C4CCC(CC4)[C@@H]3C(=O)O)c2F)s1. The highest BCUT2D eigenvalue weighted by Gasteiger charge is 2.53. The Morgan fingerprint density at radius 3 is 1.05 bits per heavy atom. The zero-order chi connectivity index (χ0) is 103. The molecule has 148 heavy (non-hydrogen) atoms. The fourth-order valence-electron chi connectivity index (χ4n) is 23.7. The molecule has 16 aromatic heterocycles.